The fourth-order valence-electron chi connectivity index (χ4n) is 3.95. The number of carbonyl (C=O) groups is 2. The number of rotatable bonds is 9. The van der Waals surface area contributed by atoms with Gasteiger partial charge in [-0.2, -0.15) is 0 Å². The molecule has 0 saturated carbocycles. The number of carboxylic acid groups (broad SMARTS) is 1. The minimum atomic E-state index is -1.23. The summed E-state index contributed by atoms with van der Waals surface area (Å²) in [5.41, 5.74) is 2.66. The SMILES string of the molecule is O=C(O)[C@@H]1[C@H](OCc2ccccc2)[C@H](OCc2ccccc2)CN1C(=O)OCc1ccccc1. The van der Waals surface area contributed by atoms with E-state index in [0.29, 0.717) is 0 Å². The molecule has 0 unspecified atom stereocenters. The average Bonchev–Trinajstić information content (AvgIpc) is 3.25. The predicted molar refractivity (Wildman–Crippen MR) is 125 cm³/mol. The first-order valence-electron chi connectivity index (χ1n) is 11.1. The molecule has 0 radical (unpaired) electrons. The van der Waals surface area contributed by atoms with E-state index in [1.165, 1.54) is 4.90 Å². The lowest BCUT2D eigenvalue weighted by molar-refractivity contribution is -0.148. The normalized spacial score (nSPS) is 19.6. The second-order valence-electron chi connectivity index (χ2n) is 8.07. The standard InChI is InChI=1S/C27H27NO6/c29-26(30)24-25(33-18-21-12-6-2-7-13-21)23(32-17-20-10-4-1-5-11-20)16-28(24)27(31)34-19-22-14-8-3-9-15-22/h1-15,23-25H,16-19H2,(H,29,30)/t23-,24+,25-/m1/s1. The van der Waals surface area contributed by atoms with Gasteiger partial charge >= 0.3 is 12.1 Å². The van der Waals surface area contributed by atoms with Crippen LogP contribution >= 0.6 is 0 Å². The summed E-state index contributed by atoms with van der Waals surface area (Å²) in [6, 6.07) is 27.1. The van der Waals surface area contributed by atoms with Crippen molar-refractivity contribution in [3.05, 3.63) is 108 Å². The topological polar surface area (TPSA) is 85.3 Å². The summed E-state index contributed by atoms with van der Waals surface area (Å²) in [5.74, 6) is -1.17. The highest BCUT2D eigenvalue weighted by molar-refractivity contribution is 5.81. The van der Waals surface area contributed by atoms with Gasteiger partial charge in [0.15, 0.2) is 6.04 Å². The molecule has 7 heteroatoms. The minimum Gasteiger partial charge on any atom is -0.480 e. The van der Waals surface area contributed by atoms with E-state index in [9.17, 15) is 14.7 Å². The first kappa shape index (κ1) is 23.5. The molecule has 1 saturated heterocycles. The molecule has 1 heterocycles. The quantitative estimate of drug-likeness (QED) is 0.513. The Hall–Kier alpha value is -3.68. The molecule has 0 aromatic heterocycles. The van der Waals surface area contributed by atoms with Crippen LogP contribution in [0.4, 0.5) is 4.79 Å². The first-order chi connectivity index (χ1) is 16.6. The highest BCUT2D eigenvalue weighted by atomic mass is 16.6. The molecule has 1 aliphatic heterocycles. The zero-order valence-electron chi connectivity index (χ0n) is 18.7. The van der Waals surface area contributed by atoms with Gasteiger partial charge in [-0.15, -0.1) is 0 Å². The summed E-state index contributed by atoms with van der Waals surface area (Å²) in [6.07, 6.45) is -2.20. The third kappa shape index (κ3) is 6.01. The lowest BCUT2D eigenvalue weighted by Gasteiger charge is -2.24. The summed E-state index contributed by atoms with van der Waals surface area (Å²) in [5, 5.41) is 10.0. The molecule has 0 bridgehead atoms. The maximum absolute atomic E-state index is 12.9. The van der Waals surface area contributed by atoms with Crippen molar-refractivity contribution < 1.29 is 28.9 Å². The van der Waals surface area contributed by atoms with Crippen molar-refractivity contribution in [1.29, 1.82) is 0 Å². The van der Waals surface area contributed by atoms with Crippen LogP contribution in [0.15, 0.2) is 91.0 Å². The summed E-state index contributed by atoms with van der Waals surface area (Å²) < 4.78 is 17.6. The Labute approximate surface area is 198 Å². The van der Waals surface area contributed by atoms with E-state index in [1.54, 1.807) is 0 Å². The maximum atomic E-state index is 12.9. The number of likely N-dealkylation sites (tertiary alicyclic amines) is 1. The number of hydrogen-bond acceptors (Lipinski definition) is 5. The zero-order chi connectivity index (χ0) is 23.8. The molecular formula is C27H27NO6. The molecule has 1 fully saturated rings. The molecule has 176 valence electrons. The van der Waals surface area contributed by atoms with Gasteiger partial charge < -0.3 is 19.3 Å². The number of amides is 1. The highest BCUT2D eigenvalue weighted by Crippen LogP contribution is 2.27. The fourth-order valence-corrected chi connectivity index (χ4v) is 3.95. The van der Waals surface area contributed by atoms with E-state index in [1.807, 2.05) is 91.0 Å². The fraction of sp³-hybridized carbons (Fsp3) is 0.259. The molecule has 7 nitrogen and oxygen atoms in total. The number of aliphatic carboxylic acids is 1. The van der Waals surface area contributed by atoms with Crippen molar-refractivity contribution in [2.24, 2.45) is 0 Å². The van der Waals surface area contributed by atoms with Crippen LogP contribution in [-0.4, -0.2) is 46.9 Å². The summed E-state index contributed by atoms with van der Waals surface area (Å²) in [4.78, 5) is 26.3. The van der Waals surface area contributed by atoms with Crippen molar-refractivity contribution in [3.8, 4) is 0 Å². The predicted octanol–water partition coefficient (Wildman–Crippen LogP) is 4.26. The Kier molecular flexibility index (Phi) is 7.91. The highest BCUT2D eigenvalue weighted by Gasteiger charge is 2.50. The van der Waals surface area contributed by atoms with Gasteiger partial charge in [-0.25, -0.2) is 9.59 Å². The Morgan fingerprint density at radius 1 is 0.735 bits per heavy atom. The number of benzene rings is 3. The van der Waals surface area contributed by atoms with Crippen LogP contribution in [-0.2, 0) is 38.8 Å². The van der Waals surface area contributed by atoms with Crippen LogP contribution in [0.5, 0.6) is 0 Å². The van der Waals surface area contributed by atoms with Crippen LogP contribution in [0.2, 0.25) is 0 Å². The van der Waals surface area contributed by atoms with E-state index in [2.05, 4.69) is 0 Å². The van der Waals surface area contributed by atoms with Gasteiger partial charge in [0.05, 0.1) is 19.8 Å². The Morgan fingerprint density at radius 3 is 1.71 bits per heavy atom. The summed E-state index contributed by atoms with van der Waals surface area (Å²) >= 11 is 0. The van der Waals surface area contributed by atoms with Crippen LogP contribution < -0.4 is 0 Å². The third-order valence-electron chi connectivity index (χ3n) is 5.67. The molecule has 34 heavy (non-hydrogen) atoms. The van der Waals surface area contributed by atoms with E-state index >= 15 is 0 Å². The first-order valence-corrected chi connectivity index (χ1v) is 11.1. The molecule has 1 aliphatic rings. The van der Waals surface area contributed by atoms with Crippen molar-refractivity contribution in [2.75, 3.05) is 6.54 Å². The van der Waals surface area contributed by atoms with E-state index in [-0.39, 0.29) is 26.4 Å². The summed E-state index contributed by atoms with van der Waals surface area (Å²) in [6.45, 7) is 0.577. The molecule has 1 amide bonds. The average molecular weight is 462 g/mol. The van der Waals surface area contributed by atoms with E-state index in [0.717, 1.165) is 16.7 Å². The largest absolute Gasteiger partial charge is 0.480 e. The Balaban J connectivity index is 1.49. The summed E-state index contributed by atoms with van der Waals surface area (Å²) in [7, 11) is 0. The van der Waals surface area contributed by atoms with E-state index < -0.39 is 30.3 Å². The maximum Gasteiger partial charge on any atom is 0.411 e. The molecule has 3 aromatic rings. The molecule has 4 rings (SSSR count). The lowest BCUT2D eigenvalue weighted by atomic mass is 10.1. The molecule has 0 spiro atoms. The lowest BCUT2D eigenvalue weighted by Crippen LogP contribution is -2.46. The van der Waals surface area contributed by atoms with Crippen LogP contribution in [0, 0.1) is 0 Å². The minimum absolute atomic E-state index is 0.0492. The number of hydrogen-bond donors (Lipinski definition) is 1. The molecule has 1 N–H and O–H groups in total. The van der Waals surface area contributed by atoms with Gasteiger partial charge in [0, 0.05) is 0 Å². The van der Waals surface area contributed by atoms with Crippen molar-refractivity contribution in [3.63, 3.8) is 0 Å². The molecule has 3 aromatic carbocycles. The second kappa shape index (κ2) is 11.4. The van der Waals surface area contributed by atoms with Gasteiger partial charge in [0.1, 0.15) is 18.8 Å². The smallest absolute Gasteiger partial charge is 0.411 e. The molecule has 0 aliphatic carbocycles. The number of carbonyl (C=O) groups excluding carboxylic acids is 1. The van der Waals surface area contributed by atoms with Crippen LogP contribution in [0.25, 0.3) is 0 Å². The molecule has 3 atom stereocenters. The van der Waals surface area contributed by atoms with Gasteiger partial charge in [0.25, 0.3) is 0 Å². The van der Waals surface area contributed by atoms with Gasteiger partial charge in [-0.1, -0.05) is 91.0 Å². The number of ether oxygens (including phenoxy) is 3. The number of nitrogens with zero attached hydrogens (tertiary/aromatic N) is 1. The second-order valence-corrected chi connectivity index (χ2v) is 8.07. The zero-order valence-corrected chi connectivity index (χ0v) is 18.7. The molecular weight excluding hydrogens is 434 g/mol. The third-order valence-corrected chi connectivity index (χ3v) is 5.67. The van der Waals surface area contributed by atoms with Crippen molar-refractivity contribution in [1.82, 2.24) is 4.90 Å². The van der Waals surface area contributed by atoms with Crippen molar-refractivity contribution in [2.45, 2.75) is 38.1 Å². The monoisotopic (exact) mass is 461 g/mol. The van der Waals surface area contributed by atoms with E-state index in [4.69, 9.17) is 14.2 Å². The number of carboxylic acids is 1. The van der Waals surface area contributed by atoms with Crippen LogP contribution in [0.1, 0.15) is 16.7 Å². The van der Waals surface area contributed by atoms with Gasteiger partial charge in [-0.05, 0) is 16.7 Å². The van der Waals surface area contributed by atoms with Crippen LogP contribution in [0.3, 0.4) is 0 Å². The van der Waals surface area contributed by atoms with Gasteiger partial charge in [0.2, 0.25) is 0 Å². The Morgan fingerprint density at radius 2 is 1.21 bits per heavy atom. The van der Waals surface area contributed by atoms with Gasteiger partial charge in [-0.3, -0.25) is 4.90 Å². The van der Waals surface area contributed by atoms with Crippen molar-refractivity contribution >= 4 is 12.1 Å². The Bertz CT molecular complexity index is 1060.